The normalized spacial score (nSPS) is 22.2. The number of hydrogen-bond acceptors (Lipinski definition) is 2. The number of aromatic nitrogens is 2. The largest absolute Gasteiger partial charge is 0.282 e. The molecule has 18 heavy (non-hydrogen) atoms. The van der Waals surface area contributed by atoms with Crippen molar-refractivity contribution in [3.05, 3.63) is 52.8 Å². The first-order chi connectivity index (χ1) is 8.79. The third-order valence-corrected chi connectivity index (χ3v) is 3.90. The molecule has 0 amide bonds. The fourth-order valence-electron chi connectivity index (χ4n) is 2.83. The number of nitriles is 1. The summed E-state index contributed by atoms with van der Waals surface area (Å²) < 4.78 is 0. The maximum absolute atomic E-state index is 8.83. The zero-order chi connectivity index (χ0) is 12.5. The van der Waals surface area contributed by atoms with Gasteiger partial charge in [0.2, 0.25) is 0 Å². The number of benzene rings is 1. The third-order valence-electron chi connectivity index (χ3n) is 3.90. The van der Waals surface area contributed by atoms with Gasteiger partial charge in [0.05, 0.1) is 17.8 Å². The Hall–Kier alpha value is -2.08. The van der Waals surface area contributed by atoms with Crippen molar-refractivity contribution < 1.29 is 0 Å². The highest BCUT2D eigenvalue weighted by molar-refractivity contribution is 5.40. The van der Waals surface area contributed by atoms with E-state index in [9.17, 15) is 0 Å². The lowest BCUT2D eigenvalue weighted by molar-refractivity contribution is 0.537. The minimum Gasteiger partial charge on any atom is -0.282 e. The molecule has 0 saturated heterocycles. The van der Waals surface area contributed by atoms with Gasteiger partial charge in [-0.05, 0) is 36.5 Å². The summed E-state index contributed by atoms with van der Waals surface area (Å²) in [5, 5.41) is 16.1. The molecule has 0 bridgehead atoms. The Morgan fingerprint density at radius 3 is 2.78 bits per heavy atom. The van der Waals surface area contributed by atoms with Gasteiger partial charge in [-0.25, -0.2) is 0 Å². The van der Waals surface area contributed by atoms with Gasteiger partial charge in [-0.15, -0.1) is 0 Å². The fourth-order valence-corrected chi connectivity index (χ4v) is 2.83. The van der Waals surface area contributed by atoms with Crippen LogP contribution in [0.3, 0.4) is 0 Å². The van der Waals surface area contributed by atoms with Gasteiger partial charge in [0, 0.05) is 17.2 Å². The highest BCUT2D eigenvalue weighted by Gasteiger charge is 2.27. The maximum Gasteiger partial charge on any atom is 0.0991 e. The number of H-pyrrole nitrogens is 1. The molecule has 3 nitrogen and oxygen atoms in total. The summed E-state index contributed by atoms with van der Waals surface area (Å²) >= 11 is 0. The molecule has 90 valence electrons. The molecule has 1 aromatic heterocycles. The molecule has 1 aromatic carbocycles. The van der Waals surface area contributed by atoms with Crippen LogP contribution in [-0.2, 0) is 0 Å². The minimum absolute atomic E-state index is 0.419. The SMILES string of the molecule is C[C@@H]1CC[C@H](c2ccc(C#N)cc2)c2cn[nH]c21. The minimum atomic E-state index is 0.419. The summed E-state index contributed by atoms with van der Waals surface area (Å²) in [5.41, 5.74) is 4.59. The van der Waals surface area contributed by atoms with Crippen molar-refractivity contribution in [1.29, 1.82) is 5.26 Å². The van der Waals surface area contributed by atoms with Crippen LogP contribution in [0.2, 0.25) is 0 Å². The molecule has 3 heteroatoms. The van der Waals surface area contributed by atoms with Gasteiger partial charge >= 0.3 is 0 Å². The van der Waals surface area contributed by atoms with Crippen LogP contribution in [-0.4, -0.2) is 10.2 Å². The lowest BCUT2D eigenvalue weighted by Gasteiger charge is -2.26. The molecule has 1 heterocycles. The van der Waals surface area contributed by atoms with Crippen LogP contribution in [0.5, 0.6) is 0 Å². The molecule has 0 fully saturated rings. The molecule has 0 aliphatic heterocycles. The Kier molecular flexibility index (Phi) is 2.64. The molecule has 2 atom stereocenters. The Bertz CT molecular complexity index is 589. The van der Waals surface area contributed by atoms with Crippen LogP contribution in [0.1, 0.15) is 54.0 Å². The van der Waals surface area contributed by atoms with Crippen LogP contribution in [0.25, 0.3) is 0 Å². The summed E-state index contributed by atoms with van der Waals surface area (Å²) in [7, 11) is 0. The van der Waals surface area contributed by atoms with E-state index in [1.165, 1.54) is 23.2 Å². The number of nitrogens with one attached hydrogen (secondary N) is 1. The number of hydrogen-bond donors (Lipinski definition) is 1. The average molecular weight is 237 g/mol. The average Bonchev–Trinajstić information content (AvgIpc) is 2.90. The molecule has 1 N–H and O–H groups in total. The summed E-state index contributed by atoms with van der Waals surface area (Å²) in [4.78, 5) is 0. The number of fused-ring (bicyclic) bond motifs is 1. The molecular formula is C15H15N3. The molecule has 0 unspecified atom stereocenters. The third kappa shape index (κ3) is 1.70. The van der Waals surface area contributed by atoms with Crippen LogP contribution in [0.15, 0.2) is 30.5 Å². The van der Waals surface area contributed by atoms with Gasteiger partial charge in [0.15, 0.2) is 0 Å². The van der Waals surface area contributed by atoms with Crippen LogP contribution in [0.4, 0.5) is 0 Å². The van der Waals surface area contributed by atoms with E-state index in [1.54, 1.807) is 0 Å². The second-order valence-electron chi connectivity index (χ2n) is 5.00. The van der Waals surface area contributed by atoms with E-state index in [1.807, 2.05) is 18.3 Å². The van der Waals surface area contributed by atoms with Crippen molar-refractivity contribution in [2.45, 2.75) is 31.6 Å². The van der Waals surface area contributed by atoms with E-state index in [2.05, 4.69) is 35.3 Å². The Morgan fingerprint density at radius 1 is 1.28 bits per heavy atom. The van der Waals surface area contributed by atoms with Crippen LogP contribution >= 0.6 is 0 Å². The molecule has 0 spiro atoms. The molecule has 3 rings (SSSR count). The van der Waals surface area contributed by atoms with E-state index in [0.717, 1.165) is 12.0 Å². The molecule has 0 saturated carbocycles. The van der Waals surface area contributed by atoms with E-state index in [0.29, 0.717) is 11.8 Å². The van der Waals surface area contributed by atoms with Gasteiger partial charge in [-0.1, -0.05) is 19.1 Å². The molecule has 1 aliphatic carbocycles. The number of aromatic amines is 1. The quantitative estimate of drug-likeness (QED) is 0.827. The maximum atomic E-state index is 8.83. The van der Waals surface area contributed by atoms with Crippen molar-refractivity contribution in [1.82, 2.24) is 10.2 Å². The molecule has 1 aliphatic rings. The molecule has 0 radical (unpaired) electrons. The molecule has 2 aromatic rings. The zero-order valence-corrected chi connectivity index (χ0v) is 10.4. The first-order valence-electron chi connectivity index (χ1n) is 6.33. The number of nitrogens with zero attached hydrogens (tertiary/aromatic N) is 2. The standard InChI is InChI=1S/C15H15N3/c1-10-2-7-13(14-9-17-18-15(10)14)12-5-3-11(8-16)4-6-12/h3-6,9-10,13H,2,7H2,1H3,(H,17,18)/t10-,13-/m1/s1. The number of rotatable bonds is 1. The monoisotopic (exact) mass is 237 g/mol. The highest BCUT2D eigenvalue weighted by atomic mass is 15.1. The second kappa shape index (κ2) is 4.30. The van der Waals surface area contributed by atoms with Crippen molar-refractivity contribution >= 4 is 0 Å². The zero-order valence-electron chi connectivity index (χ0n) is 10.4. The second-order valence-corrected chi connectivity index (χ2v) is 5.00. The predicted molar refractivity (Wildman–Crippen MR) is 69.2 cm³/mol. The van der Waals surface area contributed by atoms with Gasteiger partial charge in [0.25, 0.3) is 0 Å². The Labute approximate surface area is 106 Å². The van der Waals surface area contributed by atoms with Gasteiger partial charge in [0.1, 0.15) is 0 Å². The summed E-state index contributed by atoms with van der Waals surface area (Å²) in [5.74, 6) is 0.986. The topological polar surface area (TPSA) is 52.5 Å². The van der Waals surface area contributed by atoms with E-state index in [-0.39, 0.29) is 0 Å². The lowest BCUT2D eigenvalue weighted by Crippen LogP contribution is -2.12. The highest BCUT2D eigenvalue weighted by Crippen LogP contribution is 2.40. The predicted octanol–water partition coefficient (Wildman–Crippen LogP) is 3.31. The first kappa shape index (κ1) is 11.0. The van der Waals surface area contributed by atoms with Crippen LogP contribution in [0, 0.1) is 11.3 Å². The van der Waals surface area contributed by atoms with Crippen molar-refractivity contribution in [3.8, 4) is 6.07 Å². The van der Waals surface area contributed by atoms with Gasteiger partial charge in [-0.3, -0.25) is 5.10 Å². The Balaban J connectivity index is 1.99. The van der Waals surface area contributed by atoms with E-state index in [4.69, 9.17) is 5.26 Å². The Morgan fingerprint density at radius 2 is 2.06 bits per heavy atom. The smallest absolute Gasteiger partial charge is 0.0991 e. The first-order valence-corrected chi connectivity index (χ1v) is 6.33. The summed E-state index contributed by atoms with van der Waals surface area (Å²) in [6, 6.07) is 10.1. The fraction of sp³-hybridized carbons (Fsp3) is 0.333. The van der Waals surface area contributed by atoms with Gasteiger partial charge < -0.3 is 0 Å². The summed E-state index contributed by atoms with van der Waals surface area (Å²) in [6.07, 6.45) is 4.29. The van der Waals surface area contributed by atoms with Crippen molar-refractivity contribution in [2.75, 3.05) is 0 Å². The molecular weight excluding hydrogens is 222 g/mol. The van der Waals surface area contributed by atoms with Crippen LogP contribution < -0.4 is 0 Å². The summed E-state index contributed by atoms with van der Waals surface area (Å²) in [6.45, 7) is 2.24. The van der Waals surface area contributed by atoms with Crippen molar-refractivity contribution in [3.63, 3.8) is 0 Å². The van der Waals surface area contributed by atoms with Gasteiger partial charge in [-0.2, -0.15) is 10.4 Å². The lowest BCUT2D eigenvalue weighted by atomic mass is 9.78. The van der Waals surface area contributed by atoms with E-state index >= 15 is 0 Å². The van der Waals surface area contributed by atoms with E-state index < -0.39 is 0 Å². The van der Waals surface area contributed by atoms with Crippen molar-refractivity contribution in [2.24, 2.45) is 0 Å².